The van der Waals surface area contributed by atoms with Crippen molar-refractivity contribution in [1.29, 1.82) is 0 Å². The Hall–Kier alpha value is -2.70. The number of aromatic nitrogens is 2. The van der Waals surface area contributed by atoms with Crippen molar-refractivity contribution in [3.05, 3.63) is 47.9 Å². The number of carbonyl (C=O) groups is 1. The summed E-state index contributed by atoms with van der Waals surface area (Å²) >= 11 is 0. The van der Waals surface area contributed by atoms with Gasteiger partial charge in [0.2, 0.25) is 5.91 Å². The van der Waals surface area contributed by atoms with Crippen LogP contribution in [0.4, 0.5) is 15.9 Å². The van der Waals surface area contributed by atoms with Gasteiger partial charge in [0.25, 0.3) is 0 Å². The lowest BCUT2D eigenvalue weighted by molar-refractivity contribution is -0.126. The molecule has 3 aliphatic rings. The van der Waals surface area contributed by atoms with Crippen LogP contribution in [0.1, 0.15) is 31.0 Å². The fraction of sp³-hybridized carbons (Fsp3) is 0.519. The summed E-state index contributed by atoms with van der Waals surface area (Å²) in [6.07, 6.45) is 4.17. The van der Waals surface area contributed by atoms with Crippen LogP contribution in [0.3, 0.4) is 0 Å². The van der Waals surface area contributed by atoms with Gasteiger partial charge < -0.3 is 29.4 Å². The summed E-state index contributed by atoms with van der Waals surface area (Å²) in [7, 11) is 2.10. The van der Waals surface area contributed by atoms with Gasteiger partial charge in [-0.1, -0.05) is 12.6 Å². The molecule has 12 heteroatoms. The zero-order valence-electron chi connectivity index (χ0n) is 22.6. The van der Waals surface area contributed by atoms with Gasteiger partial charge in [-0.15, -0.1) is 0 Å². The molecule has 1 N–H and O–H groups in total. The van der Waals surface area contributed by atoms with Crippen LogP contribution < -0.4 is 14.5 Å². The van der Waals surface area contributed by atoms with E-state index in [-0.39, 0.29) is 50.4 Å². The molecule has 39 heavy (non-hydrogen) atoms. The predicted octanol–water partition coefficient (Wildman–Crippen LogP) is 2.81. The van der Waals surface area contributed by atoms with Crippen LogP contribution in [0.25, 0.3) is 0 Å². The van der Waals surface area contributed by atoms with Gasteiger partial charge in [0.05, 0.1) is 12.2 Å². The number of likely N-dealkylation sites (tertiary alicyclic amines) is 1. The molecule has 0 radical (unpaired) electrons. The van der Waals surface area contributed by atoms with Crippen LogP contribution in [0.5, 0.6) is 11.8 Å². The first-order chi connectivity index (χ1) is 17.9. The molecule has 4 heterocycles. The summed E-state index contributed by atoms with van der Waals surface area (Å²) in [5, 5.41) is 10.4. The molecule has 3 aliphatic heterocycles. The summed E-state index contributed by atoms with van der Waals surface area (Å²) < 4.78 is 20.8. The fourth-order valence-electron chi connectivity index (χ4n) is 5.66. The lowest BCUT2D eigenvalue weighted by atomic mass is 10.0. The number of hydrogen-bond donors (Lipinski definition) is 1. The minimum absolute atomic E-state index is 0. The van der Waals surface area contributed by atoms with Crippen LogP contribution in [0.15, 0.2) is 30.9 Å². The molecule has 214 valence electrons. The van der Waals surface area contributed by atoms with E-state index >= 15 is 0 Å². The van der Waals surface area contributed by atoms with Crippen molar-refractivity contribution in [2.75, 3.05) is 56.2 Å². The lowest BCUT2D eigenvalue weighted by Gasteiger charge is -2.42. The second kappa shape index (κ2) is 13.1. The summed E-state index contributed by atoms with van der Waals surface area (Å²) in [6, 6.07) is 5.02. The van der Waals surface area contributed by atoms with E-state index in [9.17, 15) is 14.3 Å². The van der Waals surface area contributed by atoms with Crippen molar-refractivity contribution >= 4 is 44.4 Å². The number of benzene rings is 1. The van der Waals surface area contributed by atoms with Crippen LogP contribution >= 0.6 is 27.0 Å². The number of nitrogens with zero attached hydrogens (tertiary/aromatic N) is 6. The smallest absolute Gasteiger partial charge is 0.318 e. The van der Waals surface area contributed by atoms with Gasteiger partial charge in [-0.25, -0.2) is 4.39 Å². The first kappa shape index (κ1) is 30.8. The number of likely N-dealkylation sites (N-methyl/N-ethyl adjacent to an activating group) is 1. The number of phenols is 1. The third-order valence-electron chi connectivity index (χ3n) is 7.77. The van der Waals surface area contributed by atoms with E-state index in [1.54, 1.807) is 4.90 Å². The van der Waals surface area contributed by atoms with Gasteiger partial charge in [0.1, 0.15) is 29.7 Å². The van der Waals surface area contributed by atoms with Gasteiger partial charge >= 0.3 is 6.01 Å². The van der Waals surface area contributed by atoms with Crippen LogP contribution in [-0.2, 0) is 17.8 Å². The molecule has 2 aromatic rings. The minimum atomic E-state index is -0.463. The molecule has 1 amide bonds. The van der Waals surface area contributed by atoms with E-state index in [1.165, 1.54) is 24.3 Å². The Morgan fingerprint density at radius 1 is 1.23 bits per heavy atom. The monoisotopic (exact) mass is 578 g/mol. The maximum absolute atomic E-state index is 14.7. The number of piperazine rings is 1. The number of ether oxygens (including phenoxy) is 1. The standard InChI is InChI=1S/C27H35FN6O3.2H2S/c1-4-24(36)32-13-14-34(18(2)15-32)26-20-10-12-33(25-21(28)8-5-9-23(25)35)16-22(20)29-27(30-26)37-17-19-7-6-11-31(19)3;;/h4-5,8-9,18-19,35H,1,6-7,10-17H2,2-3H3;2*1H2/t18-,19-;;/m0../s1. The lowest BCUT2D eigenvalue weighted by Crippen LogP contribution is -2.54. The Balaban J connectivity index is 0.00000210. The van der Waals surface area contributed by atoms with Crippen LogP contribution in [0, 0.1) is 5.82 Å². The van der Waals surface area contributed by atoms with Crippen LogP contribution in [-0.4, -0.2) is 89.2 Å². The highest BCUT2D eigenvalue weighted by molar-refractivity contribution is 7.59. The molecule has 1 aromatic heterocycles. The van der Waals surface area contributed by atoms with Gasteiger partial charge in [-0.05, 0) is 58.0 Å². The first-order valence-corrected chi connectivity index (χ1v) is 13.0. The predicted molar refractivity (Wildman–Crippen MR) is 160 cm³/mol. The zero-order chi connectivity index (χ0) is 26.1. The van der Waals surface area contributed by atoms with Gasteiger partial charge in [-0.2, -0.15) is 37.0 Å². The number of amides is 1. The zero-order valence-corrected chi connectivity index (χ0v) is 24.6. The average Bonchev–Trinajstić information content (AvgIpc) is 3.30. The third-order valence-corrected chi connectivity index (χ3v) is 7.77. The van der Waals surface area contributed by atoms with Crippen molar-refractivity contribution in [1.82, 2.24) is 19.8 Å². The molecule has 0 bridgehead atoms. The van der Waals surface area contributed by atoms with Crippen molar-refractivity contribution in [3.8, 4) is 11.8 Å². The molecule has 0 saturated carbocycles. The molecule has 2 atom stereocenters. The average molecular weight is 579 g/mol. The molecule has 0 aliphatic carbocycles. The molecule has 9 nitrogen and oxygen atoms in total. The Bertz CT molecular complexity index is 1170. The number of hydrogen-bond acceptors (Lipinski definition) is 8. The topological polar surface area (TPSA) is 85.3 Å². The highest BCUT2D eigenvalue weighted by Crippen LogP contribution is 2.36. The number of aromatic hydroxyl groups is 1. The van der Waals surface area contributed by atoms with E-state index in [4.69, 9.17) is 14.7 Å². The van der Waals surface area contributed by atoms with E-state index in [2.05, 4.69) is 30.4 Å². The third kappa shape index (κ3) is 6.38. The van der Waals surface area contributed by atoms with Crippen molar-refractivity contribution in [3.63, 3.8) is 0 Å². The van der Waals surface area contributed by atoms with Crippen molar-refractivity contribution in [2.45, 2.75) is 44.8 Å². The highest BCUT2D eigenvalue weighted by atomic mass is 32.1. The van der Waals surface area contributed by atoms with Gasteiger partial charge in [-0.3, -0.25) is 4.79 Å². The van der Waals surface area contributed by atoms with Gasteiger partial charge in [0, 0.05) is 43.8 Å². The highest BCUT2D eigenvalue weighted by Gasteiger charge is 2.33. The minimum Gasteiger partial charge on any atom is -0.506 e. The number of halogens is 1. The summed E-state index contributed by atoms with van der Waals surface area (Å²) in [4.78, 5) is 30.0. The van der Waals surface area contributed by atoms with Crippen molar-refractivity contribution < 1.29 is 19.0 Å². The summed E-state index contributed by atoms with van der Waals surface area (Å²) in [6.45, 7) is 9.89. The van der Waals surface area contributed by atoms with Crippen LogP contribution in [0.2, 0.25) is 0 Å². The number of fused-ring (bicyclic) bond motifs is 1. The Morgan fingerprint density at radius 2 is 2.03 bits per heavy atom. The number of anilines is 2. The number of para-hydroxylation sites is 1. The Morgan fingerprint density at radius 3 is 2.69 bits per heavy atom. The number of phenolic OH excluding ortho intramolecular Hbond substituents is 1. The second-order valence-corrected chi connectivity index (χ2v) is 10.2. The number of carbonyl (C=O) groups excluding carboxylic acids is 1. The maximum Gasteiger partial charge on any atom is 0.318 e. The van der Waals surface area contributed by atoms with Crippen molar-refractivity contribution in [2.24, 2.45) is 0 Å². The first-order valence-electron chi connectivity index (χ1n) is 13.0. The molecule has 2 saturated heterocycles. The molecule has 0 spiro atoms. The quantitative estimate of drug-likeness (QED) is 0.524. The summed E-state index contributed by atoms with van der Waals surface area (Å²) in [5.74, 6) is 0.196. The molecular weight excluding hydrogens is 539 g/mol. The SMILES string of the molecule is C=CC(=O)N1CCN(c2nc(OC[C@@H]3CCCN3C)nc3c2CCN(c2c(O)cccc2F)C3)[C@@H](C)C1.S.S. The molecule has 1 aromatic carbocycles. The van der Waals surface area contributed by atoms with E-state index in [0.29, 0.717) is 57.8 Å². The normalized spacial score (nSPS) is 21.1. The van der Waals surface area contributed by atoms with E-state index < -0.39 is 5.82 Å². The maximum atomic E-state index is 14.7. The molecule has 2 fully saturated rings. The molecule has 0 unspecified atom stereocenters. The largest absolute Gasteiger partial charge is 0.506 e. The fourth-order valence-corrected chi connectivity index (χ4v) is 5.66. The Labute approximate surface area is 243 Å². The second-order valence-electron chi connectivity index (χ2n) is 10.2. The Kier molecular flexibility index (Phi) is 10.4. The van der Waals surface area contributed by atoms with Gasteiger partial charge in [0.15, 0.2) is 0 Å². The van der Waals surface area contributed by atoms with E-state index in [0.717, 1.165) is 36.5 Å². The molecular formula is C27H39FN6O3S2. The summed E-state index contributed by atoms with van der Waals surface area (Å²) in [5.41, 5.74) is 1.96. The number of rotatable bonds is 6. The van der Waals surface area contributed by atoms with E-state index in [1.807, 2.05) is 4.90 Å². The molecule has 5 rings (SSSR count).